The fourth-order valence-corrected chi connectivity index (χ4v) is 4.23. The summed E-state index contributed by atoms with van der Waals surface area (Å²) in [5.41, 5.74) is 1.20. The molecule has 30 heavy (non-hydrogen) atoms. The molecular weight excluding hydrogens is 368 g/mol. The molecule has 5 aromatic carbocycles. The van der Waals surface area contributed by atoms with Crippen LogP contribution in [0.3, 0.4) is 0 Å². The van der Waals surface area contributed by atoms with E-state index in [0.29, 0.717) is 11.1 Å². The zero-order valence-electron chi connectivity index (χ0n) is 15.6. The molecule has 4 nitrogen and oxygen atoms in total. The Morgan fingerprint density at radius 1 is 0.433 bits per heavy atom. The number of benzene rings is 5. The van der Waals surface area contributed by atoms with Crippen molar-refractivity contribution < 1.29 is 0 Å². The van der Waals surface area contributed by atoms with E-state index in [9.17, 15) is 21.0 Å². The normalized spacial score (nSPS) is 10.5. The highest BCUT2D eigenvalue weighted by Gasteiger charge is 2.16. The summed E-state index contributed by atoms with van der Waals surface area (Å²) in [6.07, 6.45) is 0. The van der Waals surface area contributed by atoms with Gasteiger partial charge >= 0.3 is 0 Å². The molecule has 0 aromatic heterocycles. The third-order valence-electron chi connectivity index (χ3n) is 5.58. The van der Waals surface area contributed by atoms with Gasteiger partial charge in [-0.3, -0.25) is 0 Å². The van der Waals surface area contributed by atoms with Crippen LogP contribution in [0.25, 0.3) is 43.1 Å². The van der Waals surface area contributed by atoms with Crippen LogP contribution in [0.1, 0.15) is 22.3 Å². The molecule has 5 aromatic rings. The lowest BCUT2D eigenvalue weighted by Gasteiger charge is -2.14. The topological polar surface area (TPSA) is 95.2 Å². The van der Waals surface area contributed by atoms with Gasteiger partial charge in [0.25, 0.3) is 0 Å². The molecule has 0 saturated carbocycles. The molecule has 0 aliphatic rings. The van der Waals surface area contributed by atoms with Crippen molar-refractivity contribution >= 4 is 43.1 Å². The van der Waals surface area contributed by atoms with Crippen molar-refractivity contribution in [3.63, 3.8) is 0 Å². The summed E-state index contributed by atoms with van der Waals surface area (Å²) in [6.45, 7) is 0. The number of rotatable bonds is 0. The fourth-order valence-electron chi connectivity index (χ4n) is 4.23. The lowest BCUT2D eigenvalue weighted by atomic mass is 9.87. The van der Waals surface area contributed by atoms with Gasteiger partial charge in [0, 0.05) is 0 Å². The molecule has 0 aliphatic carbocycles. The van der Waals surface area contributed by atoms with Crippen LogP contribution in [0, 0.1) is 45.3 Å². The average Bonchev–Trinajstić information content (AvgIpc) is 2.81. The second-order valence-electron chi connectivity index (χ2n) is 7.04. The standard InChI is InChI=1S/C26H10N4/c27-11-16-7-22-21-6-5-15-3-1-2-4-20(15)26(21)25-10-19(14-30)18(13-29)9-24(25)23(22)8-17(16)12-28/h1-10H. The lowest BCUT2D eigenvalue weighted by Crippen LogP contribution is -1.92. The van der Waals surface area contributed by atoms with Crippen LogP contribution in [0.4, 0.5) is 0 Å². The smallest absolute Gasteiger partial charge is 0.101 e. The van der Waals surface area contributed by atoms with Gasteiger partial charge in [0.2, 0.25) is 0 Å². The number of nitrogens with zero attached hydrogens (tertiary/aromatic N) is 4. The van der Waals surface area contributed by atoms with Gasteiger partial charge in [0.15, 0.2) is 0 Å². The van der Waals surface area contributed by atoms with E-state index in [4.69, 9.17) is 0 Å². The van der Waals surface area contributed by atoms with Crippen LogP contribution in [0.15, 0.2) is 60.7 Å². The Morgan fingerprint density at radius 3 is 1.47 bits per heavy atom. The second-order valence-corrected chi connectivity index (χ2v) is 7.04. The number of hydrogen-bond donors (Lipinski definition) is 0. The third kappa shape index (κ3) is 2.23. The van der Waals surface area contributed by atoms with E-state index in [-0.39, 0.29) is 11.1 Å². The predicted octanol–water partition coefficient (Wildman–Crippen LogP) is 5.79. The largest absolute Gasteiger partial charge is 0.192 e. The molecule has 0 amide bonds. The van der Waals surface area contributed by atoms with Gasteiger partial charge in [-0.25, -0.2) is 0 Å². The average molecular weight is 378 g/mol. The zero-order valence-corrected chi connectivity index (χ0v) is 15.6. The van der Waals surface area contributed by atoms with Crippen LogP contribution in [0.2, 0.25) is 0 Å². The van der Waals surface area contributed by atoms with Gasteiger partial charge in [-0.1, -0.05) is 36.4 Å². The van der Waals surface area contributed by atoms with Gasteiger partial charge in [-0.2, -0.15) is 21.0 Å². The van der Waals surface area contributed by atoms with E-state index in [1.807, 2.05) is 36.4 Å². The predicted molar refractivity (Wildman–Crippen MR) is 115 cm³/mol. The Balaban J connectivity index is 2.19. The molecule has 0 unspecified atom stereocenters. The van der Waals surface area contributed by atoms with E-state index in [2.05, 4.69) is 24.3 Å². The van der Waals surface area contributed by atoms with Crippen molar-refractivity contribution in [3.8, 4) is 24.3 Å². The Labute approximate surface area is 171 Å². The highest BCUT2D eigenvalue weighted by molar-refractivity contribution is 6.31. The summed E-state index contributed by atoms with van der Waals surface area (Å²) in [4.78, 5) is 0. The van der Waals surface area contributed by atoms with Crippen molar-refractivity contribution in [1.82, 2.24) is 0 Å². The van der Waals surface area contributed by atoms with E-state index >= 15 is 0 Å². The molecule has 0 saturated heterocycles. The van der Waals surface area contributed by atoms with E-state index in [0.717, 1.165) is 43.1 Å². The Morgan fingerprint density at radius 2 is 0.900 bits per heavy atom. The van der Waals surface area contributed by atoms with E-state index in [1.165, 1.54) is 0 Å². The molecule has 0 aliphatic heterocycles. The van der Waals surface area contributed by atoms with Crippen LogP contribution >= 0.6 is 0 Å². The molecule has 0 radical (unpaired) electrons. The quantitative estimate of drug-likeness (QED) is 0.319. The molecular formula is C26H10N4. The van der Waals surface area contributed by atoms with Crippen molar-refractivity contribution in [2.45, 2.75) is 0 Å². The maximum absolute atomic E-state index is 9.58. The summed E-state index contributed by atoms with van der Waals surface area (Å²) >= 11 is 0. The first-order valence-corrected chi connectivity index (χ1v) is 9.19. The number of nitriles is 4. The molecule has 0 fully saturated rings. The first-order chi connectivity index (χ1) is 14.7. The van der Waals surface area contributed by atoms with Gasteiger partial charge in [0.1, 0.15) is 24.3 Å². The van der Waals surface area contributed by atoms with Crippen molar-refractivity contribution in [3.05, 3.63) is 82.9 Å². The third-order valence-corrected chi connectivity index (χ3v) is 5.58. The monoisotopic (exact) mass is 378 g/mol. The maximum atomic E-state index is 9.58. The second kappa shape index (κ2) is 6.32. The number of hydrogen-bond acceptors (Lipinski definition) is 4. The molecule has 0 atom stereocenters. The Bertz CT molecular complexity index is 1730. The highest BCUT2D eigenvalue weighted by Crippen LogP contribution is 2.40. The summed E-state index contributed by atoms with van der Waals surface area (Å²) in [5.74, 6) is 0. The van der Waals surface area contributed by atoms with Gasteiger partial charge < -0.3 is 0 Å². The fraction of sp³-hybridized carbons (Fsp3) is 0. The van der Waals surface area contributed by atoms with Crippen molar-refractivity contribution in [2.24, 2.45) is 0 Å². The molecule has 5 rings (SSSR count). The molecule has 0 bridgehead atoms. The summed E-state index contributed by atoms with van der Waals surface area (Å²) in [7, 11) is 0. The van der Waals surface area contributed by atoms with Crippen LogP contribution in [-0.2, 0) is 0 Å². The zero-order chi connectivity index (χ0) is 20.8. The highest BCUT2D eigenvalue weighted by atomic mass is 14.3. The Kier molecular flexibility index (Phi) is 3.63. The summed E-state index contributed by atoms with van der Waals surface area (Å²) < 4.78 is 0. The van der Waals surface area contributed by atoms with Gasteiger partial charge in [0.05, 0.1) is 22.3 Å². The molecule has 134 valence electrons. The summed E-state index contributed by atoms with van der Waals surface area (Å²) in [5, 5.41) is 45.4. The first kappa shape index (κ1) is 17.2. The number of fused-ring (bicyclic) bond motifs is 8. The minimum Gasteiger partial charge on any atom is -0.192 e. The van der Waals surface area contributed by atoms with Crippen LogP contribution < -0.4 is 0 Å². The lowest BCUT2D eigenvalue weighted by molar-refractivity contribution is 1.44. The van der Waals surface area contributed by atoms with Crippen LogP contribution in [-0.4, -0.2) is 0 Å². The molecule has 0 N–H and O–H groups in total. The van der Waals surface area contributed by atoms with Crippen molar-refractivity contribution in [1.29, 1.82) is 21.0 Å². The Hall–Kier alpha value is -4.90. The molecule has 4 heteroatoms. The van der Waals surface area contributed by atoms with Gasteiger partial charge in [-0.15, -0.1) is 0 Å². The van der Waals surface area contributed by atoms with Gasteiger partial charge in [-0.05, 0) is 67.4 Å². The minimum absolute atomic E-state index is 0.286. The first-order valence-electron chi connectivity index (χ1n) is 9.19. The van der Waals surface area contributed by atoms with Crippen LogP contribution in [0.5, 0.6) is 0 Å². The maximum Gasteiger partial charge on any atom is 0.101 e. The molecule has 0 heterocycles. The molecule has 0 spiro atoms. The van der Waals surface area contributed by atoms with E-state index in [1.54, 1.807) is 24.3 Å². The SMILES string of the molecule is N#Cc1cc2c(cc1C#N)c1ccc3ccccc3c1c1cc(C#N)c(C#N)cc21. The minimum atomic E-state index is 0.286. The van der Waals surface area contributed by atoms with Crippen molar-refractivity contribution in [2.75, 3.05) is 0 Å². The van der Waals surface area contributed by atoms with E-state index < -0.39 is 0 Å². The summed E-state index contributed by atoms with van der Waals surface area (Å²) in [6, 6.07) is 27.4.